The number of rotatable bonds is 6. The first-order chi connectivity index (χ1) is 12.0. The van der Waals surface area contributed by atoms with Crippen molar-refractivity contribution < 1.29 is 9.90 Å². The van der Waals surface area contributed by atoms with Crippen LogP contribution in [0.5, 0.6) is 0 Å². The summed E-state index contributed by atoms with van der Waals surface area (Å²) in [5.41, 5.74) is 4.69. The maximum Gasteiger partial charge on any atom is 0.335 e. The standard InChI is InChI=1S/C18H17N3O2S2/c1-11-5-3-8-15(12(11)2)19-17-20-21-18(25-17)24-10-13-6-4-7-14(9-13)16(22)23/h3-9H,10H2,1-2H3,(H,19,20)(H,22,23). The third kappa shape index (κ3) is 4.37. The van der Waals surface area contributed by atoms with Gasteiger partial charge >= 0.3 is 5.97 Å². The molecule has 25 heavy (non-hydrogen) atoms. The van der Waals surface area contributed by atoms with E-state index < -0.39 is 5.97 Å². The van der Waals surface area contributed by atoms with Gasteiger partial charge in [0.2, 0.25) is 5.13 Å². The smallest absolute Gasteiger partial charge is 0.335 e. The number of carboxylic acids is 1. The lowest BCUT2D eigenvalue weighted by molar-refractivity contribution is 0.0697. The van der Waals surface area contributed by atoms with E-state index in [4.69, 9.17) is 5.11 Å². The number of hydrogen-bond acceptors (Lipinski definition) is 6. The SMILES string of the molecule is Cc1cccc(Nc2nnc(SCc3cccc(C(=O)O)c3)s2)c1C. The molecular weight excluding hydrogens is 354 g/mol. The summed E-state index contributed by atoms with van der Waals surface area (Å²) in [5, 5.41) is 21.5. The quantitative estimate of drug-likeness (QED) is 0.601. The Hall–Kier alpha value is -2.38. The second-order valence-corrected chi connectivity index (χ2v) is 7.74. The van der Waals surface area contributed by atoms with Crippen molar-refractivity contribution in [3.63, 3.8) is 0 Å². The Kier molecular flexibility index (Phi) is 5.35. The first-order valence-electron chi connectivity index (χ1n) is 7.64. The Morgan fingerprint density at radius 3 is 2.80 bits per heavy atom. The first kappa shape index (κ1) is 17.4. The minimum absolute atomic E-state index is 0.299. The van der Waals surface area contributed by atoms with E-state index >= 15 is 0 Å². The Morgan fingerprint density at radius 1 is 1.20 bits per heavy atom. The highest BCUT2D eigenvalue weighted by Crippen LogP contribution is 2.31. The van der Waals surface area contributed by atoms with E-state index in [0.717, 1.165) is 20.7 Å². The number of aryl methyl sites for hydroxylation is 1. The highest BCUT2D eigenvalue weighted by Gasteiger charge is 2.09. The fraction of sp³-hybridized carbons (Fsp3) is 0.167. The maximum absolute atomic E-state index is 11.0. The van der Waals surface area contributed by atoms with Crippen LogP contribution in [-0.2, 0) is 5.75 Å². The molecular formula is C18H17N3O2S2. The zero-order chi connectivity index (χ0) is 17.8. The fourth-order valence-corrected chi connectivity index (χ4v) is 3.97. The van der Waals surface area contributed by atoms with Gasteiger partial charge in [-0.2, -0.15) is 0 Å². The fourth-order valence-electron chi connectivity index (χ4n) is 2.26. The van der Waals surface area contributed by atoms with Gasteiger partial charge in [-0.15, -0.1) is 10.2 Å². The number of nitrogens with zero attached hydrogens (tertiary/aromatic N) is 2. The number of thioether (sulfide) groups is 1. The van der Waals surface area contributed by atoms with Crippen LogP contribution in [0.1, 0.15) is 27.0 Å². The Balaban J connectivity index is 1.65. The molecule has 2 aromatic carbocycles. The van der Waals surface area contributed by atoms with Gasteiger partial charge in [-0.3, -0.25) is 0 Å². The van der Waals surface area contributed by atoms with Gasteiger partial charge in [0.25, 0.3) is 0 Å². The summed E-state index contributed by atoms with van der Waals surface area (Å²) >= 11 is 3.03. The van der Waals surface area contributed by atoms with Crippen molar-refractivity contribution in [1.29, 1.82) is 0 Å². The summed E-state index contributed by atoms with van der Waals surface area (Å²) in [6.07, 6.45) is 0. The van der Waals surface area contributed by atoms with Crippen LogP contribution in [0.2, 0.25) is 0 Å². The molecule has 0 aliphatic carbocycles. The van der Waals surface area contributed by atoms with Crippen LogP contribution < -0.4 is 5.32 Å². The van der Waals surface area contributed by atoms with Gasteiger partial charge in [-0.25, -0.2) is 4.79 Å². The highest BCUT2D eigenvalue weighted by molar-refractivity contribution is 8.00. The van der Waals surface area contributed by atoms with E-state index in [1.54, 1.807) is 30.0 Å². The lowest BCUT2D eigenvalue weighted by Gasteiger charge is -2.08. The Labute approximate surface area is 154 Å². The maximum atomic E-state index is 11.0. The predicted octanol–water partition coefficient (Wildman–Crippen LogP) is 4.89. The van der Waals surface area contributed by atoms with E-state index in [0.29, 0.717) is 11.3 Å². The van der Waals surface area contributed by atoms with Crippen LogP contribution in [0, 0.1) is 13.8 Å². The molecule has 0 aliphatic rings. The molecule has 0 bridgehead atoms. The van der Waals surface area contributed by atoms with Crippen molar-refractivity contribution in [2.24, 2.45) is 0 Å². The molecule has 1 heterocycles. The van der Waals surface area contributed by atoms with Crippen molar-refractivity contribution in [2.45, 2.75) is 23.9 Å². The van der Waals surface area contributed by atoms with E-state index in [2.05, 4.69) is 35.4 Å². The summed E-state index contributed by atoms with van der Waals surface area (Å²) < 4.78 is 0.841. The number of aromatic carboxylic acids is 1. The molecule has 0 saturated carbocycles. The second-order valence-electron chi connectivity index (χ2n) is 5.54. The van der Waals surface area contributed by atoms with E-state index in [1.165, 1.54) is 22.5 Å². The molecule has 7 heteroatoms. The van der Waals surface area contributed by atoms with Crippen molar-refractivity contribution >= 4 is 39.9 Å². The van der Waals surface area contributed by atoms with E-state index in [1.807, 2.05) is 18.2 Å². The van der Waals surface area contributed by atoms with Crippen LogP contribution in [0.25, 0.3) is 0 Å². The zero-order valence-corrected chi connectivity index (χ0v) is 15.4. The number of nitrogens with one attached hydrogen (secondary N) is 1. The molecule has 0 spiro atoms. The molecule has 0 unspecified atom stereocenters. The number of carboxylic acid groups (broad SMARTS) is 1. The molecule has 128 valence electrons. The molecule has 0 saturated heterocycles. The largest absolute Gasteiger partial charge is 0.478 e. The van der Waals surface area contributed by atoms with Crippen LogP contribution in [0.4, 0.5) is 10.8 Å². The number of benzene rings is 2. The minimum atomic E-state index is -0.914. The highest BCUT2D eigenvalue weighted by atomic mass is 32.2. The third-order valence-electron chi connectivity index (χ3n) is 3.79. The molecule has 2 N–H and O–H groups in total. The van der Waals surface area contributed by atoms with Gasteiger partial charge in [-0.05, 0) is 48.7 Å². The van der Waals surface area contributed by atoms with Crippen molar-refractivity contribution in [1.82, 2.24) is 10.2 Å². The number of carbonyl (C=O) groups is 1. The van der Waals surface area contributed by atoms with Gasteiger partial charge in [0, 0.05) is 11.4 Å². The van der Waals surface area contributed by atoms with Crippen LogP contribution >= 0.6 is 23.1 Å². The average molecular weight is 371 g/mol. The van der Waals surface area contributed by atoms with Crippen LogP contribution in [0.3, 0.4) is 0 Å². The monoisotopic (exact) mass is 371 g/mol. The van der Waals surface area contributed by atoms with Gasteiger partial charge < -0.3 is 10.4 Å². The molecule has 5 nitrogen and oxygen atoms in total. The minimum Gasteiger partial charge on any atom is -0.478 e. The summed E-state index contributed by atoms with van der Waals surface area (Å²) in [7, 11) is 0. The third-order valence-corrected chi connectivity index (χ3v) is 5.83. The topological polar surface area (TPSA) is 75.1 Å². The molecule has 0 aliphatic heterocycles. The molecule has 0 fully saturated rings. The average Bonchev–Trinajstić information content (AvgIpc) is 3.05. The molecule has 3 rings (SSSR count). The van der Waals surface area contributed by atoms with Gasteiger partial charge in [0.1, 0.15) is 0 Å². The number of anilines is 2. The van der Waals surface area contributed by atoms with Crippen molar-refractivity contribution in [2.75, 3.05) is 5.32 Å². The summed E-state index contributed by atoms with van der Waals surface area (Å²) in [4.78, 5) is 11.0. The van der Waals surface area contributed by atoms with Crippen molar-refractivity contribution in [3.8, 4) is 0 Å². The number of hydrogen-bond donors (Lipinski definition) is 2. The van der Waals surface area contributed by atoms with Gasteiger partial charge in [-0.1, -0.05) is 47.4 Å². The predicted molar refractivity (Wildman–Crippen MR) is 102 cm³/mol. The van der Waals surface area contributed by atoms with Gasteiger partial charge in [0.15, 0.2) is 4.34 Å². The lowest BCUT2D eigenvalue weighted by Crippen LogP contribution is -1.96. The molecule has 0 radical (unpaired) electrons. The van der Waals surface area contributed by atoms with E-state index in [9.17, 15) is 4.79 Å². The van der Waals surface area contributed by atoms with Gasteiger partial charge in [0.05, 0.1) is 5.56 Å². The number of aromatic nitrogens is 2. The lowest BCUT2D eigenvalue weighted by atomic mass is 10.1. The zero-order valence-electron chi connectivity index (χ0n) is 13.8. The second kappa shape index (κ2) is 7.67. The van der Waals surface area contributed by atoms with Crippen LogP contribution in [0.15, 0.2) is 46.8 Å². The molecule has 3 aromatic rings. The van der Waals surface area contributed by atoms with Crippen molar-refractivity contribution in [3.05, 3.63) is 64.7 Å². The molecule has 0 amide bonds. The summed E-state index contributed by atoms with van der Waals surface area (Å²) in [6.45, 7) is 4.15. The Bertz CT molecular complexity index is 909. The van der Waals surface area contributed by atoms with Crippen LogP contribution in [-0.4, -0.2) is 21.3 Å². The first-order valence-corrected chi connectivity index (χ1v) is 9.45. The van der Waals surface area contributed by atoms with E-state index in [-0.39, 0.29) is 0 Å². The Morgan fingerprint density at radius 2 is 2.00 bits per heavy atom. The summed E-state index contributed by atoms with van der Waals surface area (Å²) in [6, 6.07) is 13.1. The summed E-state index contributed by atoms with van der Waals surface area (Å²) in [5.74, 6) is -0.262. The molecule has 1 aromatic heterocycles. The molecule has 0 atom stereocenters. The normalized spacial score (nSPS) is 10.6.